The zero-order valence-electron chi connectivity index (χ0n) is 14.4. The van der Waals surface area contributed by atoms with Gasteiger partial charge < -0.3 is 20.1 Å². The summed E-state index contributed by atoms with van der Waals surface area (Å²) in [6.45, 7) is 1.65. The fourth-order valence-electron chi connectivity index (χ4n) is 2.75. The summed E-state index contributed by atoms with van der Waals surface area (Å²) in [5.74, 6) is -1.82. The number of ether oxygens (including phenoxy) is 1. The molecule has 2 aromatic carbocycles. The second-order valence-electron chi connectivity index (χ2n) is 5.69. The van der Waals surface area contributed by atoms with Crippen LogP contribution in [0.2, 0.25) is 0 Å². The molecule has 8 heteroatoms. The van der Waals surface area contributed by atoms with Crippen molar-refractivity contribution in [2.45, 2.75) is 13.3 Å². The van der Waals surface area contributed by atoms with Gasteiger partial charge in [-0.15, -0.1) is 0 Å². The first kappa shape index (κ1) is 21.5. The summed E-state index contributed by atoms with van der Waals surface area (Å²) in [7, 11) is 1.38. The fourth-order valence-corrected chi connectivity index (χ4v) is 3.19. The van der Waals surface area contributed by atoms with Gasteiger partial charge in [-0.25, -0.2) is 0 Å². The van der Waals surface area contributed by atoms with E-state index in [0.717, 1.165) is 1.59 Å². The molecule has 0 aromatic heterocycles. The Morgan fingerprint density at radius 1 is 1.07 bits per heavy atom. The van der Waals surface area contributed by atoms with E-state index in [-0.39, 0.29) is 28.9 Å². The number of carbonyl (C=O) groups excluding carboxylic acids is 2. The number of aryl methyl sites for hydroxylation is 1. The van der Waals surface area contributed by atoms with Crippen LogP contribution in [0.4, 0.5) is 0 Å². The van der Waals surface area contributed by atoms with Gasteiger partial charge in [0.15, 0.2) is 6.29 Å². The van der Waals surface area contributed by atoms with Crippen LogP contribution >= 0.6 is 45.2 Å². The Hall–Kier alpha value is -1.82. The van der Waals surface area contributed by atoms with E-state index in [0.29, 0.717) is 17.4 Å². The third kappa shape index (κ3) is 4.54. The number of hydrogen-bond acceptors (Lipinski definition) is 6. The molecule has 6 nitrogen and oxygen atoms in total. The Kier molecular flexibility index (Phi) is 7.09. The van der Waals surface area contributed by atoms with Crippen LogP contribution in [-0.4, -0.2) is 34.5 Å². The molecular weight excluding hydrogens is 578 g/mol. The molecular formula is C19H16I2O6. The maximum Gasteiger partial charge on any atom is 0.201 e. The Balaban J connectivity index is 2.84. The van der Waals surface area contributed by atoms with Gasteiger partial charge in [0.25, 0.3) is 0 Å². The Morgan fingerprint density at radius 3 is 2.15 bits per heavy atom. The summed E-state index contributed by atoms with van der Waals surface area (Å²) in [4.78, 5) is 24.8. The molecule has 0 aliphatic carbocycles. The first-order valence-electron chi connectivity index (χ1n) is 7.67. The number of aromatic hydroxyl groups is 3. The molecule has 0 amide bonds. The lowest BCUT2D eigenvalue weighted by atomic mass is 9.90. The van der Waals surface area contributed by atoms with Gasteiger partial charge in [0.1, 0.15) is 28.6 Å². The largest absolute Gasteiger partial charge is 0.507 e. The number of hydrogen-bond donors (Lipinski definition) is 3. The van der Waals surface area contributed by atoms with E-state index in [9.17, 15) is 24.9 Å². The molecule has 2 aromatic rings. The fraction of sp³-hybridized carbons (Fsp3) is 0.158. The van der Waals surface area contributed by atoms with Gasteiger partial charge in [-0.3, -0.25) is 9.59 Å². The lowest BCUT2D eigenvalue weighted by Gasteiger charge is -2.17. The smallest absolute Gasteiger partial charge is 0.201 e. The topological polar surface area (TPSA) is 104 Å². The Bertz CT molecular complexity index is 923. The first-order chi connectivity index (χ1) is 12.7. The zero-order chi connectivity index (χ0) is 20.3. The molecule has 3 N–H and O–H groups in total. The summed E-state index contributed by atoms with van der Waals surface area (Å²) in [5.41, 5.74) is 0.236. The third-order valence-electron chi connectivity index (χ3n) is 3.91. The third-order valence-corrected chi connectivity index (χ3v) is 4.79. The normalized spacial score (nSPS) is 10.4. The van der Waals surface area contributed by atoms with Gasteiger partial charge in [-0.05, 0) is 76.2 Å². The van der Waals surface area contributed by atoms with Crippen molar-refractivity contribution in [1.82, 2.24) is 0 Å². The van der Waals surface area contributed by atoms with Crippen LogP contribution in [-0.2, 0) is 6.42 Å². The van der Waals surface area contributed by atoms with Crippen LogP contribution in [0.5, 0.6) is 23.0 Å². The molecule has 0 atom stereocenters. The van der Waals surface area contributed by atoms with Crippen molar-refractivity contribution in [2.75, 3.05) is 7.11 Å². The van der Waals surface area contributed by atoms with Crippen molar-refractivity contribution in [1.29, 1.82) is 0 Å². The molecule has 142 valence electrons. The quantitative estimate of drug-likeness (QED) is 0.260. The van der Waals surface area contributed by atoms with Crippen LogP contribution in [0, 0.1) is 6.92 Å². The lowest BCUT2D eigenvalue weighted by molar-refractivity contribution is 0.102. The Morgan fingerprint density at radius 2 is 1.67 bits per heavy atom. The number of ketones is 1. The highest BCUT2D eigenvalue weighted by Gasteiger charge is 2.28. The summed E-state index contributed by atoms with van der Waals surface area (Å²) in [6.07, 6.45) is 2.43. The van der Waals surface area contributed by atoms with Crippen molar-refractivity contribution in [3.63, 3.8) is 0 Å². The van der Waals surface area contributed by atoms with Crippen LogP contribution in [0.1, 0.15) is 37.4 Å². The van der Waals surface area contributed by atoms with E-state index in [2.05, 4.69) is 45.2 Å². The van der Waals surface area contributed by atoms with E-state index in [1.54, 1.807) is 6.92 Å². The van der Waals surface area contributed by atoms with E-state index in [1.807, 2.05) is 6.08 Å². The van der Waals surface area contributed by atoms with Crippen molar-refractivity contribution in [3.8, 4) is 23.0 Å². The minimum atomic E-state index is -0.784. The van der Waals surface area contributed by atoms with Crippen LogP contribution in [0.3, 0.4) is 0 Å². The van der Waals surface area contributed by atoms with E-state index in [1.165, 1.54) is 25.3 Å². The van der Waals surface area contributed by atoms with Gasteiger partial charge in [0.2, 0.25) is 5.78 Å². The Labute approximate surface area is 183 Å². The van der Waals surface area contributed by atoms with Crippen molar-refractivity contribution in [3.05, 3.63) is 53.7 Å². The summed E-state index contributed by atoms with van der Waals surface area (Å²) in [6, 6.07) is 3.93. The molecule has 2 rings (SSSR count). The maximum atomic E-state index is 13.2. The standard InChI is InChI=1S/C19H16I2O6/c1-9-5-13(24)18(14(25)6-9)19(26)17-10(3-4-16(20)21)15(27-2)7-12(23)11(17)8-22/h4-8,23-25H,3H2,1-2H3. The number of phenols is 3. The molecule has 0 aliphatic rings. The van der Waals surface area contributed by atoms with Crippen molar-refractivity contribution >= 4 is 57.3 Å². The number of aldehydes is 1. The van der Waals surface area contributed by atoms with E-state index >= 15 is 0 Å². The van der Waals surface area contributed by atoms with Crippen molar-refractivity contribution < 1.29 is 29.6 Å². The summed E-state index contributed by atoms with van der Waals surface area (Å²) in [5, 5.41) is 30.6. The molecule has 0 unspecified atom stereocenters. The molecule has 0 radical (unpaired) electrons. The van der Waals surface area contributed by atoms with E-state index in [4.69, 9.17) is 4.74 Å². The minimum Gasteiger partial charge on any atom is -0.507 e. The number of allylic oxidation sites excluding steroid dienone is 1. The number of rotatable bonds is 6. The van der Waals surface area contributed by atoms with Crippen LogP contribution in [0.25, 0.3) is 0 Å². The monoisotopic (exact) mass is 594 g/mol. The number of benzene rings is 2. The van der Waals surface area contributed by atoms with Gasteiger partial charge >= 0.3 is 0 Å². The number of halogens is 2. The molecule has 0 saturated carbocycles. The number of carbonyl (C=O) groups is 2. The molecule has 0 aliphatic heterocycles. The number of phenolic OH excluding ortho intramolecular Hbond substituents is 3. The molecule has 0 spiro atoms. The highest BCUT2D eigenvalue weighted by Crippen LogP contribution is 2.38. The molecule has 0 heterocycles. The second-order valence-corrected chi connectivity index (χ2v) is 10.1. The van der Waals surface area contributed by atoms with Gasteiger partial charge in [-0.1, -0.05) is 6.08 Å². The van der Waals surface area contributed by atoms with Gasteiger partial charge in [0.05, 0.1) is 12.7 Å². The average Bonchev–Trinajstić information content (AvgIpc) is 2.58. The molecule has 0 saturated heterocycles. The minimum absolute atomic E-state index is 0.124. The van der Waals surface area contributed by atoms with E-state index < -0.39 is 23.0 Å². The van der Waals surface area contributed by atoms with Crippen LogP contribution in [0.15, 0.2) is 25.9 Å². The second kappa shape index (κ2) is 8.91. The molecule has 0 fully saturated rings. The summed E-state index contributed by atoms with van der Waals surface area (Å²) >= 11 is 4.19. The maximum absolute atomic E-state index is 13.2. The van der Waals surface area contributed by atoms with Crippen molar-refractivity contribution in [2.24, 2.45) is 0 Å². The highest BCUT2D eigenvalue weighted by atomic mass is 127. The number of methoxy groups -OCH3 is 1. The molecule has 27 heavy (non-hydrogen) atoms. The lowest BCUT2D eigenvalue weighted by Crippen LogP contribution is -2.12. The predicted octanol–water partition coefficient (Wildman–Crippen LogP) is 4.42. The SMILES string of the molecule is COc1cc(O)c(C=O)c(C(=O)c2c(O)cc(C)cc2O)c1CC=C(I)I. The summed E-state index contributed by atoms with van der Waals surface area (Å²) < 4.78 is 6.20. The van der Waals surface area contributed by atoms with Gasteiger partial charge in [-0.2, -0.15) is 0 Å². The highest BCUT2D eigenvalue weighted by molar-refractivity contribution is 14.2. The predicted molar refractivity (Wildman–Crippen MR) is 118 cm³/mol. The first-order valence-corrected chi connectivity index (χ1v) is 9.83. The average molecular weight is 594 g/mol. The molecule has 0 bridgehead atoms. The van der Waals surface area contributed by atoms with Gasteiger partial charge in [0, 0.05) is 18.8 Å². The zero-order valence-corrected chi connectivity index (χ0v) is 18.7. The van der Waals surface area contributed by atoms with Crippen LogP contribution < -0.4 is 4.74 Å².